The van der Waals surface area contributed by atoms with Crippen LogP contribution in [-0.4, -0.2) is 187 Å². The zero-order valence-corrected chi connectivity index (χ0v) is 73.2. The van der Waals surface area contributed by atoms with Gasteiger partial charge in [0.15, 0.2) is 0 Å². The van der Waals surface area contributed by atoms with Crippen molar-refractivity contribution >= 4 is 143 Å². The molecule has 1 aliphatic rings. The summed E-state index contributed by atoms with van der Waals surface area (Å²) in [6.07, 6.45) is 2.35. The Morgan fingerprint density at radius 1 is 0.338 bits per heavy atom. The lowest BCUT2D eigenvalue weighted by molar-refractivity contribution is -0.128. The molecule has 80 heavy (non-hydrogen) atoms. The highest BCUT2D eigenvalue weighted by atomic mass is 28.5. The van der Waals surface area contributed by atoms with Gasteiger partial charge in [0.05, 0.1) is 18.8 Å². The molecule has 1 heterocycles. The van der Waals surface area contributed by atoms with Crippen LogP contribution in [0.4, 0.5) is 0 Å². The molecule has 0 aliphatic carbocycles. The number of likely N-dealkylation sites (tertiary alicyclic amines) is 1. The number of hydrogen-bond acceptors (Lipinski definition) is 19. The van der Waals surface area contributed by atoms with Gasteiger partial charge >= 0.3 is 137 Å². The number of amides is 1. The van der Waals surface area contributed by atoms with E-state index in [1.54, 1.807) is 7.11 Å². The smallest absolute Gasteiger partial charge is 0.323 e. The molecule has 0 spiro atoms. The molecule has 36 heteroatoms. The van der Waals surface area contributed by atoms with E-state index in [2.05, 4.69) is 132 Å². The van der Waals surface area contributed by atoms with Gasteiger partial charge in [0, 0.05) is 26.6 Å². The third kappa shape index (κ3) is 34.8. The number of nitrogens with zero attached hydrogens (tertiary/aromatic N) is 1. The highest BCUT2D eigenvalue weighted by Gasteiger charge is 2.53. The van der Waals surface area contributed by atoms with Crippen molar-refractivity contribution in [3.8, 4) is 0 Å². The van der Waals surface area contributed by atoms with Gasteiger partial charge in [-0.15, -0.1) is 0 Å². The van der Waals surface area contributed by atoms with Crippen LogP contribution in [0.5, 0.6) is 0 Å². The predicted molar refractivity (Wildman–Crippen MR) is 359 cm³/mol. The average Bonchev–Trinajstić information content (AvgIpc) is 3.48. The first-order valence-corrected chi connectivity index (χ1v) is 73.6. The fourth-order valence-corrected chi connectivity index (χ4v) is 91.0. The van der Waals surface area contributed by atoms with Gasteiger partial charge in [-0.3, -0.25) is 4.79 Å². The van der Waals surface area contributed by atoms with Gasteiger partial charge in [-0.05, 0) is 236 Å². The molecular formula is C44H119NO19Si16. The molecule has 0 aromatic heterocycles. The van der Waals surface area contributed by atoms with Crippen molar-refractivity contribution in [1.82, 2.24) is 4.90 Å². The van der Waals surface area contributed by atoms with Crippen LogP contribution in [0.25, 0.3) is 0 Å². The Balaban J connectivity index is 2.89. The zero-order chi connectivity index (χ0) is 63.3. The summed E-state index contributed by atoms with van der Waals surface area (Å²) in [5.74, 6) is 0.235. The number of carbonyl (C=O) groups excluding carboxylic acids is 1. The van der Waals surface area contributed by atoms with Crippen LogP contribution in [0.2, 0.25) is 210 Å². The Bertz CT molecular complexity index is 1980. The van der Waals surface area contributed by atoms with Gasteiger partial charge in [-0.2, -0.15) is 0 Å². The maximum Gasteiger partial charge on any atom is 0.323 e. The molecule has 0 bridgehead atoms. The second-order valence-electron chi connectivity index (χ2n) is 28.8. The first kappa shape index (κ1) is 80.2. The average molecular weight is 1420 g/mol. The van der Waals surface area contributed by atoms with Crippen LogP contribution in [0, 0.1) is 0 Å². The Kier molecular flexibility index (Phi) is 28.7. The largest absolute Gasteiger partial charge is 0.416 e. The van der Waals surface area contributed by atoms with Gasteiger partial charge in [0.1, 0.15) is 0 Å². The molecule has 1 rings (SSSR count). The van der Waals surface area contributed by atoms with Crippen LogP contribution >= 0.6 is 0 Å². The molecule has 0 aromatic carbocycles. The molecule has 0 unspecified atom stereocenters. The standard InChI is InChI=1S/C44H119NO19Si16/c1-44(2,38-40-45-39-36-37-43(45)46)48-41-42-49-66(6,7)51-68(10,11)53-70(14,15)55-72(18,19)57-74(22,23)59-76(26,27)61-78(30,31)63-80(34,35)64-79(32,33)62-77(28,29)60-75(24,25)58-73(20,21)56-71(16,17)54-69(12,13)52-67(8,9)50-65(4,5)47-3/h36-42H2,1-35H3. The van der Waals surface area contributed by atoms with Crippen molar-refractivity contribution in [2.75, 3.05) is 33.4 Å². The van der Waals surface area contributed by atoms with E-state index in [1.807, 2.05) is 96.6 Å². The number of carbonyl (C=O) groups is 1. The van der Waals surface area contributed by atoms with Crippen molar-refractivity contribution in [3.63, 3.8) is 0 Å². The number of ether oxygens (including phenoxy) is 1. The quantitative estimate of drug-likeness (QED) is 0.0417. The SMILES string of the molecule is CO[Si](C)(C)O[Si](C)(C)O[Si](C)(C)O[Si](C)(C)O[Si](C)(C)O[Si](C)(C)O[Si](C)(C)O[Si](C)(C)O[Si](C)(C)O[Si](C)(C)O[Si](C)(C)O[Si](C)(C)O[Si](C)(C)O[Si](C)(C)O[Si](C)(C)O[Si](C)(C)OCCOC(C)(C)CCN1CCCC1=O. The fraction of sp³-hybridized carbons (Fsp3) is 0.977. The topological polar surface area (TPSA) is 186 Å². The van der Waals surface area contributed by atoms with Crippen LogP contribution in [0.15, 0.2) is 0 Å². The highest BCUT2D eigenvalue weighted by molar-refractivity contribution is 6.95. The van der Waals surface area contributed by atoms with E-state index in [0.29, 0.717) is 26.2 Å². The fourth-order valence-electron chi connectivity index (χ4n) is 11.3. The van der Waals surface area contributed by atoms with Crippen LogP contribution in [0.3, 0.4) is 0 Å². The van der Waals surface area contributed by atoms with Crippen molar-refractivity contribution in [3.05, 3.63) is 0 Å². The van der Waals surface area contributed by atoms with Crippen molar-refractivity contribution in [2.45, 2.75) is 248 Å². The molecular weight excluding hydrogens is 1300 g/mol. The van der Waals surface area contributed by atoms with Gasteiger partial charge in [0.2, 0.25) is 5.91 Å². The van der Waals surface area contributed by atoms with E-state index in [1.165, 1.54) is 0 Å². The van der Waals surface area contributed by atoms with Crippen LogP contribution < -0.4 is 0 Å². The van der Waals surface area contributed by atoms with E-state index in [0.717, 1.165) is 19.4 Å². The number of rotatable bonds is 39. The number of hydrogen-bond donors (Lipinski definition) is 0. The monoisotopic (exact) mass is 1410 g/mol. The van der Waals surface area contributed by atoms with Crippen LogP contribution in [0.1, 0.15) is 33.1 Å². The Hall–Kier alpha value is 2.22. The molecule has 0 aromatic rings. The maximum atomic E-state index is 12.1. The molecule has 20 nitrogen and oxygen atoms in total. The lowest BCUT2D eigenvalue weighted by Crippen LogP contribution is -2.63. The first-order chi connectivity index (χ1) is 34.9. The van der Waals surface area contributed by atoms with Gasteiger partial charge < -0.3 is 80.2 Å². The zero-order valence-electron chi connectivity index (χ0n) is 57.2. The summed E-state index contributed by atoms with van der Waals surface area (Å²) in [7, 11) is -42.2. The molecule has 0 saturated carbocycles. The molecule has 0 N–H and O–H groups in total. The molecule has 1 amide bonds. The van der Waals surface area contributed by atoms with Crippen LogP contribution in [-0.2, 0) is 80.1 Å². The Morgan fingerprint density at radius 2 is 0.550 bits per heavy atom. The van der Waals surface area contributed by atoms with E-state index >= 15 is 0 Å². The minimum atomic E-state index is -2.85. The minimum Gasteiger partial charge on any atom is -0.416 e. The summed E-state index contributed by atoms with van der Waals surface area (Å²) in [5.41, 5.74) is -0.372. The minimum absolute atomic E-state index is 0.235. The normalized spacial score (nSPS) is 16.6. The van der Waals surface area contributed by atoms with E-state index in [4.69, 9.17) is 75.3 Å². The first-order valence-electron chi connectivity index (χ1n) is 28.5. The third-order valence-electron chi connectivity index (χ3n) is 11.0. The lowest BCUT2D eigenvalue weighted by Gasteiger charge is -2.45. The summed E-state index contributed by atoms with van der Waals surface area (Å²) >= 11 is 0. The van der Waals surface area contributed by atoms with Gasteiger partial charge in [0.25, 0.3) is 0 Å². The maximum absolute atomic E-state index is 12.1. The summed E-state index contributed by atoms with van der Waals surface area (Å²) in [6.45, 7) is 72.0. The molecule has 478 valence electrons. The molecule has 1 aliphatic heterocycles. The predicted octanol–water partition coefficient (Wildman–Crippen LogP) is 12.9. The van der Waals surface area contributed by atoms with Crippen molar-refractivity contribution in [1.29, 1.82) is 0 Å². The molecule has 1 saturated heterocycles. The summed E-state index contributed by atoms with van der Waals surface area (Å²) < 4.78 is 120. The van der Waals surface area contributed by atoms with Crippen molar-refractivity contribution in [2.24, 2.45) is 0 Å². The van der Waals surface area contributed by atoms with E-state index in [-0.39, 0.29) is 11.5 Å². The van der Waals surface area contributed by atoms with Gasteiger partial charge in [-0.25, -0.2) is 0 Å². The van der Waals surface area contributed by atoms with Gasteiger partial charge in [-0.1, -0.05) is 0 Å². The second-order valence-corrected chi connectivity index (χ2v) is 86.6. The van der Waals surface area contributed by atoms with Crippen molar-refractivity contribution < 1.29 is 80.1 Å². The summed E-state index contributed by atoms with van der Waals surface area (Å²) in [4.78, 5) is 14.0. The summed E-state index contributed by atoms with van der Waals surface area (Å²) in [5, 5.41) is 0. The Labute approximate surface area is 505 Å². The third-order valence-corrected chi connectivity index (χ3v) is 71.9. The molecule has 0 radical (unpaired) electrons. The lowest BCUT2D eigenvalue weighted by atomic mass is 10.1. The second kappa shape index (κ2) is 28.6. The molecule has 1 fully saturated rings. The summed E-state index contributed by atoms with van der Waals surface area (Å²) in [6, 6.07) is 0. The van der Waals surface area contributed by atoms with E-state index < -0.39 is 137 Å². The molecule has 0 atom stereocenters. The Morgan fingerprint density at radius 3 is 0.750 bits per heavy atom. The highest BCUT2D eigenvalue weighted by Crippen LogP contribution is 2.34. The van der Waals surface area contributed by atoms with E-state index in [9.17, 15) is 4.79 Å².